The van der Waals surface area contributed by atoms with Crippen molar-refractivity contribution in [3.8, 4) is 0 Å². The average Bonchev–Trinajstić information content (AvgIpc) is 0.768. The molecule has 0 unspecified atom stereocenters. The van der Waals surface area contributed by atoms with E-state index in [9.17, 15) is 33.3 Å². The van der Waals surface area contributed by atoms with Gasteiger partial charge < -0.3 is 38.4 Å². The Morgan fingerprint density at radius 1 is 0.432 bits per heavy atom. The fraction of sp³-hybridized carbons (Fsp3) is 0.440. The minimum atomic E-state index is -3.22. The number of hydrogen-bond acceptors (Lipinski definition) is 14. The van der Waals surface area contributed by atoms with E-state index in [0.717, 1.165) is 0 Å². The van der Waals surface area contributed by atoms with E-state index >= 15 is 0 Å². The molecule has 111 heavy (non-hydrogen) atoms. The van der Waals surface area contributed by atoms with Crippen molar-refractivity contribution < 1.29 is 47.5 Å². The molecular formula is C25H37B64Cl4N6O11P-. The van der Waals surface area contributed by atoms with E-state index in [2.05, 4.69) is 74.6 Å². The van der Waals surface area contributed by atoms with Crippen LogP contribution < -0.4 is 17.2 Å². The maximum absolute atomic E-state index is 11.2. The van der Waals surface area contributed by atoms with Crippen molar-refractivity contribution in [3.63, 3.8) is 0 Å². The van der Waals surface area contributed by atoms with Gasteiger partial charge in [-0.2, -0.15) is 4.98 Å². The minimum Gasteiger partial charge on any atom is -0.687 e. The lowest BCUT2D eigenvalue weighted by Crippen LogP contribution is -2.89. The highest BCUT2D eigenvalue weighted by Crippen LogP contribution is 2.61. The molecule has 0 saturated heterocycles. The van der Waals surface area contributed by atoms with E-state index in [-0.39, 0.29) is 49.5 Å². The highest BCUT2D eigenvalue weighted by atomic mass is 36.0. The number of amides is 2. The molecule has 459 valence electrons. The third-order valence-corrected chi connectivity index (χ3v) is 16.2. The largest absolute Gasteiger partial charge is 0.687 e. The van der Waals surface area contributed by atoms with Crippen LogP contribution in [0.2, 0.25) is 5.28 Å². The van der Waals surface area contributed by atoms with Crippen molar-refractivity contribution in [3.05, 3.63) is 50.7 Å². The first-order chi connectivity index (χ1) is 50.0. The minimum absolute atomic E-state index is 0. The van der Waals surface area contributed by atoms with Crippen molar-refractivity contribution in [2.45, 2.75) is 55.4 Å². The smallest absolute Gasteiger partial charge is 0.375 e. The number of hydrogen-bond donors (Lipinski definition) is 3. The molecule has 0 atom stereocenters. The van der Waals surface area contributed by atoms with Crippen LogP contribution in [-0.4, -0.2) is 530 Å². The zero-order chi connectivity index (χ0) is 87.9. The van der Waals surface area contributed by atoms with E-state index in [1.165, 1.54) is 19.1 Å². The van der Waals surface area contributed by atoms with E-state index in [1.54, 1.807) is 34.6 Å². The maximum atomic E-state index is 11.2. The molecule has 69 radical (unpaired) electrons. The zero-order valence-electron chi connectivity index (χ0n) is 62.4. The van der Waals surface area contributed by atoms with E-state index in [1.807, 2.05) is 0 Å². The highest BCUT2D eigenvalue weighted by molar-refractivity contribution is 8.31. The molecule has 2 amide bonds. The van der Waals surface area contributed by atoms with Gasteiger partial charge in [0.2, 0.25) is 11.1 Å². The number of aryl methyl sites for hydroxylation is 2. The Hall–Kier alpha value is 0.526. The first-order valence-electron chi connectivity index (χ1n) is 33.1. The van der Waals surface area contributed by atoms with Crippen LogP contribution in [0.3, 0.4) is 0 Å². The molecule has 86 heteroatoms. The van der Waals surface area contributed by atoms with Crippen LogP contribution in [0.25, 0.3) is 0 Å². The summed E-state index contributed by atoms with van der Waals surface area (Å²) < 4.78 is 23.3. The molecule has 2 heterocycles. The summed E-state index contributed by atoms with van der Waals surface area (Å²) in [6, 6.07) is 2.17. The van der Waals surface area contributed by atoms with Gasteiger partial charge in [0.25, 0.3) is 0 Å². The van der Waals surface area contributed by atoms with Gasteiger partial charge in [0, 0.05) is 239 Å². The summed E-state index contributed by atoms with van der Waals surface area (Å²) in [6.45, 7) is 10.4. The number of Topliss-reactive ketones (excluding diaryl/α,β-unsaturated/α-hetero) is 2. The third kappa shape index (κ3) is 49.9. The predicted molar refractivity (Wildman–Crippen MR) is 544 cm³/mol. The predicted octanol–water partition coefficient (Wildman–Crippen LogP) is -19.9. The van der Waals surface area contributed by atoms with Crippen molar-refractivity contribution in [2.24, 2.45) is 11.5 Å². The molecule has 5 N–H and O–H groups in total. The van der Waals surface area contributed by atoms with Crippen LogP contribution in [0.1, 0.15) is 73.9 Å². The first-order valence-corrected chi connectivity index (χ1v) is 37.9. The molecule has 17 nitrogen and oxygen atoms in total. The van der Waals surface area contributed by atoms with E-state index < -0.39 is 232 Å². The average molecular weight is 1460 g/mol. The van der Waals surface area contributed by atoms with Crippen molar-refractivity contribution in [1.82, 2.24) is 19.9 Å². The second-order valence-electron chi connectivity index (χ2n) is 25.0. The van der Waals surface area contributed by atoms with Crippen molar-refractivity contribution in [1.29, 1.82) is 0 Å². The van der Waals surface area contributed by atoms with Crippen LogP contribution in [0.4, 0.5) is 4.79 Å². The van der Waals surface area contributed by atoms with Gasteiger partial charge in [0.1, 0.15) is 5.78 Å². The Kier molecular flexibility index (Phi) is 69.0. The number of carbonyl (C=O) groups excluding carboxylic acids is 6. The summed E-state index contributed by atoms with van der Waals surface area (Å²) in [5.41, 5.74) is 9.43. The molecule has 0 aromatic carbocycles. The monoisotopic (exact) mass is 1470 g/mol. The molecule has 0 aliphatic carbocycles. The number of ketones is 2. The normalized spacial score (nSPS) is 9.40. The zero-order valence-corrected chi connectivity index (χ0v) is 66.3. The number of H-pyrrole nitrogens is 1. The maximum Gasteiger partial charge on any atom is 0.375 e. The highest BCUT2D eigenvalue weighted by Gasteiger charge is 2.55. The second-order valence-corrected chi connectivity index (χ2v) is 32.0. The Balaban J connectivity index is -0.000000319. The van der Waals surface area contributed by atoms with Gasteiger partial charge in [-0.3, -0.25) is 14.2 Å². The molecule has 0 aliphatic rings. The summed E-state index contributed by atoms with van der Waals surface area (Å²) in [6.07, 6.45) is -30.7. The first kappa shape index (κ1) is 122. The van der Waals surface area contributed by atoms with Crippen LogP contribution in [0, 0.1) is 13.8 Å². The van der Waals surface area contributed by atoms with Gasteiger partial charge in [0.15, 0.2) is 11.4 Å². The second kappa shape index (κ2) is 62.6. The summed E-state index contributed by atoms with van der Waals surface area (Å²) in [5.74, 6) is -3.09. The van der Waals surface area contributed by atoms with Crippen LogP contribution >= 0.6 is 50.5 Å². The van der Waals surface area contributed by atoms with Gasteiger partial charge in [-0.25, -0.2) is 40.3 Å². The van der Waals surface area contributed by atoms with Crippen molar-refractivity contribution >= 4 is 541 Å². The molecule has 2 aromatic heterocycles. The number of nitrogens with two attached hydrogens (primary N) is 2. The topological polar surface area (TPSA) is 271 Å². The quantitative estimate of drug-likeness (QED) is 0.0109. The number of nitrogens with zero attached hydrogens (tertiary/aromatic N) is 3. The third-order valence-electron chi connectivity index (χ3n) is 16.0. The lowest BCUT2D eigenvalue weighted by Gasteiger charge is -2.52. The molecule has 0 fully saturated rings. The van der Waals surface area contributed by atoms with Gasteiger partial charge in [-0.15, -0.1) is 0 Å². The fourth-order valence-corrected chi connectivity index (χ4v) is 12.2. The Bertz CT molecular complexity index is 2860. The van der Waals surface area contributed by atoms with Gasteiger partial charge in [-0.1, -0.05) is 7.43 Å². The molecule has 2 rings (SSSR count). The lowest BCUT2D eigenvalue weighted by molar-refractivity contribution is -0.154. The SMILES string of the molecule is C.CCOC(=O)C(=O)CC(C)=O.CCOC(=O)c1cc(C)[nH]c(=O)n1.CCOC(=O)c1cc(C)nc(Cl)n1.NC(N)=O.O=P(Cl)(Cl)Cl.[B]B([B])B(B([B])[B])B(B(B([B])[B])B([B])[B])B(B(B([B])[B])B([B])[B])B(B([B])[B])B([B])B([B])[B-].[B]B([B])B([B])B(B([B])[B])B(B(B([B])[B])B([B])[B])B(B(B([B])[B])B([B])[B])B(B([B])[B])B([B])[B]. The van der Waals surface area contributed by atoms with Gasteiger partial charge in [-0.05, 0) is 312 Å². The van der Waals surface area contributed by atoms with Crippen LogP contribution in [0.15, 0.2) is 16.9 Å². The lowest BCUT2D eigenvalue weighted by atomic mass is 8.30. The van der Waals surface area contributed by atoms with Crippen LogP contribution in [-0.2, 0) is 33.2 Å². The number of rotatable bonds is 36. The number of halogens is 4. The summed E-state index contributed by atoms with van der Waals surface area (Å²) in [4.78, 5) is 87.1. The number of aromatic nitrogens is 4. The van der Waals surface area contributed by atoms with Gasteiger partial charge >= 0.3 is 34.8 Å². The number of ether oxygens (including phenoxy) is 3. The Morgan fingerprint density at radius 3 is 0.883 bits per heavy atom. The van der Waals surface area contributed by atoms with Crippen molar-refractivity contribution in [2.75, 3.05) is 19.8 Å². The molecule has 0 spiro atoms. The summed E-state index contributed by atoms with van der Waals surface area (Å²) >= 11 is 19.4. The van der Waals surface area contributed by atoms with E-state index in [0.29, 0.717) is 18.0 Å². The number of urea groups is 1. The number of esters is 3. The number of aromatic amines is 1. The van der Waals surface area contributed by atoms with E-state index in [4.69, 9.17) is 284 Å². The molecule has 0 saturated carbocycles. The Labute approximate surface area is 738 Å². The summed E-state index contributed by atoms with van der Waals surface area (Å²) in [7, 11) is 206. The Morgan fingerprint density at radius 2 is 0.676 bits per heavy atom. The number of nitrogens with one attached hydrogen (secondary N) is 1. The van der Waals surface area contributed by atoms with Crippen LogP contribution in [0.5, 0.6) is 0 Å². The number of carbonyl (C=O) groups is 6. The summed E-state index contributed by atoms with van der Waals surface area (Å²) in [5, 5.41) is -3.16. The number of primary amides is 2. The molecule has 2 aromatic rings. The molecule has 0 bridgehead atoms. The molecule has 0 aliphatic heterocycles. The standard InChI is InChI=1S/C8H9ClN2O2.C8H10N2O3.C7H10O4.CH4N2O.CH4.2B32.Cl3OP/c1-3-13-7(12)6-4-5(2)10-8(9)11-6;1-3-13-7(11)6-4-5(2)9-8(12)10-6;1-3-11-7(10)6(9)4-5(2)8;2-1(3)4;;2*1-18(2)26(17)30(25(15)16)32(29(23(11)12)24(13)14)31(27(19(3)4)20(5)6)28(21(7)8)22(9)10;1-5(2,3)4/h4H,3H2,1-2H3;4H,3H2,1-2H3,(H,9,10,12);3-4H2,1-2H3;(H4,2,3,4);1H4;;;/q;;;;;;-1;. The van der Waals surface area contributed by atoms with Gasteiger partial charge in [0.05, 0.1) is 26.2 Å². The fourth-order valence-electron chi connectivity index (χ4n) is 12.0. The molecular weight excluding hydrogens is 1430 g/mol.